The van der Waals surface area contributed by atoms with Crippen molar-refractivity contribution in [2.45, 2.75) is 19.3 Å². The Morgan fingerprint density at radius 3 is 2.80 bits per heavy atom. The molecule has 0 spiro atoms. The Morgan fingerprint density at radius 1 is 1.08 bits per heavy atom. The number of amides is 1. The van der Waals surface area contributed by atoms with Crippen LogP contribution in [0.5, 0.6) is 0 Å². The number of benzene rings is 1. The number of fused-ring (bicyclic) bond motifs is 1. The molecule has 0 saturated carbocycles. The van der Waals surface area contributed by atoms with Crippen molar-refractivity contribution in [1.82, 2.24) is 19.9 Å². The number of piperidine rings is 1. The van der Waals surface area contributed by atoms with Gasteiger partial charge < -0.3 is 4.90 Å². The minimum atomic E-state index is -0.0620. The maximum atomic E-state index is 12.6. The average Bonchev–Trinajstić information content (AvgIpc) is 2.68. The minimum absolute atomic E-state index is 0.0620. The lowest BCUT2D eigenvalue weighted by molar-refractivity contribution is 0.0661. The summed E-state index contributed by atoms with van der Waals surface area (Å²) in [7, 11) is 0. The Hall–Kier alpha value is -2.82. The molecule has 25 heavy (non-hydrogen) atoms. The van der Waals surface area contributed by atoms with Gasteiger partial charge >= 0.3 is 0 Å². The molecule has 2 aromatic heterocycles. The van der Waals surface area contributed by atoms with E-state index in [1.807, 2.05) is 17.2 Å². The molecule has 1 atom stereocenters. The van der Waals surface area contributed by atoms with E-state index in [0.717, 1.165) is 37.9 Å². The van der Waals surface area contributed by atoms with Crippen LogP contribution < -0.4 is 0 Å². The Kier molecular flexibility index (Phi) is 4.37. The molecule has 1 aromatic carbocycles. The number of rotatable bonds is 3. The second-order valence-corrected chi connectivity index (χ2v) is 6.57. The number of nitrogens with zero attached hydrogens (tertiary/aromatic N) is 4. The first kappa shape index (κ1) is 15.7. The van der Waals surface area contributed by atoms with Crippen LogP contribution in [0, 0.1) is 5.92 Å². The maximum absolute atomic E-state index is 12.6. The van der Waals surface area contributed by atoms with Gasteiger partial charge in [-0.15, -0.1) is 0 Å². The molecule has 0 radical (unpaired) electrons. The third-order valence-corrected chi connectivity index (χ3v) is 4.76. The van der Waals surface area contributed by atoms with Gasteiger partial charge in [0.2, 0.25) is 5.82 Å². The van der Waals surface area contributed by atoms with Crippen LogP contribution in [0.1, 0.15) is 29.0 Å². The van der Waals surface area contributed by atoms with Gasteiger partial charge in [0.1, 0.15) is 0 Å². The van der Waals surface area contributed by atoms with E-state index >= 15 is 0 Å². The van der Waals surface area contributed by atoms with Crippen molar-refractivity contribution >= 4 is 16.8 Å². The first-order valence-corrected chi connectivity index (χ1v) is 8.69. The number of aromatic nitrogens is 3. The third-order valence-electron chi connectivity index (χ3n) is 4.76. The lowest BCUT2D eigenvalue weighted by Crippen LogP contribution is -2.41. The van der Waals surface area contributed by atoms with Crippen LogP contribution in [-0.4, -0.2) is 38.8 Å². The summed E-state index contributed by atoms with van der Waals surface area (Å²) < 4.78 is 0. The minimum Gasteiger partial charge on any atom is -0.336 e. The number of carbonyl (C=O) groups excluding carboxylic acids is 1. The van der Waals surface area contributed by atoms with Crippen molar-refractivity contribution in [2.75, 3.05) is 13.1 Å². The molecule has 0 aliphatic carbocycles. The smallest absolute Gasteiger partial charge is 0.291 e. The molecular weight excluding hydrogens is 312 g/mol. The summed E-state index contributed by atoms with van der Waals surface area (Å²) in [5.74, 6) is 0.698. The van der Waals surface area contributed by atoms with Crippen LogP contribution in [0.3, 0.4) is 0 Å². The molecule has 1 saturated heterocycles. The molecule has 1 unspecified atom stereocenters. The molecule has 126 valence electrons. The van der Waals surface area contributed by atoms with Crippen molar-refractivity contribution in [3.8, 4) is 0 Å². The largest absolute Gasteiger partial charge is 0.336 e. The molecule has 5 heteroatoms. The van der Waals surface area contributed by atoms with E-state index in [0.29, 0.717) is 11.7 Å². The van der Waals surface area contributed by atoms with E-state index in [4.69, 9.17) is 0 Å². The molecular formula is C20H20N4O. The maximum Gasteiger partial charge on any atom is 0.291 e. The Balaban J connectivity index is 1.46. The van der Waals surface area contributed by atoms with Crippen LogP contribution in [0.25, 0.3) is 10.9 Å². The first-order valence-electron chi connectivity index (χ1n) is 8.69. The monoisotopic (exact) mass is 332 g/mol. The molecule has 0 N–H and O–H groups in total. The summed E-state index contributed by atoms with van der Waals surface area (Å²) in [5, 5.41) is 1.17. The standard InChI is InChI=1S/C20H20N4O/c25-20(19-22-9-3-10-23-19)24-11-2-4-16(14-24)12-15-6-7-18-17(13-15)5-1-8-21-18/h1,3,5-10,13,16H,2,4,11-12,14H2. The highest BCUT2D eigenvalue weighted by Gasteiger charge is 2.26. The van der Waals surface area contributed by atoms with E-state index < -0.39 is 0 Å². The van der Waals surface area contributed by atoms with Crippen molar-refractivity contribution in [3.05, 3.63) is 66.4 Å². The van der Waals surface area contributed by atoms with E-state index in [9.17, 15) is 4.79 Å². The fourth-order valence-corrected chi connectivity index (χ4v) is 3.55. The summed E-state index contributed by atoms with van der Waals surface area (Å²) >= 11 is 0. The van der Waals surface area contributed by atoms with Gasteiger partial charge in [-0.05, 0) is 55.0 Å². The van der Waals surface area contributed by atoms with Crippen LogP contribution >= 0.6 is 0 Å². The van der Waals surface area contributed by atoms with Crippen molar-refractivity contribution in [1.29, 1.82) is 0 Å². The van der Waals surface area contributed by atoms with Crippen LogP contribution in [0.15, 0.2) is 55.0 Å². The van der Waals surface area contributed by atoms with E-state index in [1.54, 1.807) is 18.5 Å². The molecule has 3 aromatic rings. The van der Waals surface area contributed by atoms with Gasteiger partial charge in [-0.1, -0.05) is 12.1 Å². The number of likely N-dealkylation sites (tertiary alicyclic amines) is 1. The molecule has 1 amide bonds. The van der Waals surface area contributed by atoms with E-state index in [1.165, 1.54) is 10.9 Å². The zero-order chi connectivity index (χ0) is 17.1. The van der Waals surface area contributed by atoms with Crippen LogP contribution in [-0.2, 0) is 6.42 Å². The molecule has 0 bridgehead atoms. The highest BCUT2D eigenvalue weighted by molar-refractivity contribution is 5.90. The second kappa shape index (κ2) is 6.97. The predicted octanol–water partition coefficient (Wildman–Crippen LogP) is 3.12. The molecule has 1 aliphatic heterocycles. The van der Waals surface area contributed by atoms with Gasteiger partial charge in [0.25, 0.3) is 5.91 Å². The van der Waals surface area contributed by atoms with E-state index in [2.05, 4.69) is 39.2 Å². The quantitative estimate of drug-likeness (QED) is 0.739. The number of pyridine rings is 1. The van der Waals surface area contributed by atoms with Gasteiger partial charge in [0.05, 0.1) is 5.52 Å². The lowest BCUT2D eigenvalue weighted by atomic mass is 9.90. The highest BCUT2D eigenvalue weighted by atomic mass is 16.2. The van der Waals surface area contributed by atoms with Gasteiger partial charge in [0, 0.05) is 37.1 Å². The number of carbonyl (C=O) groups is 1. The van der Waals surface area contributed by atoms with Gasteiger partial charge in [-0.2, -0.15) is 0 Å². The molecule has 4 rings (SSSR count). The van der Waals surface area contributed by atoms with Crippen LogP contribution in [0.2, 0.25) is 0 Å². The van der Waals surface area contributed by atoms with Gasteiger partial charge in [-0.3, -0.25) is 9.78 Å². The highest BCUT2D eigenvalue weighted by Crippen LogP contribution is 2.23. The lowest BCUT2D eigenvalue weighted by Gasteiger charge is -2.32. The molecule has 1 aliphatic rings. The van der Waals surface area contributed by atoms with Gasteiger partial charge in [0.15, 0.2) is 0 Å². The Labute approximate surface area is 146 Å². The number of hydrogen-bond donors (Lipinski definition) is 0. The third kappa shape index (κ3) is 3.50. The topological polar surface area (TPSA) is 59.0 Å². The zero-order valence-electron chi connectivity index (χ0n) is 14.0. The first-order chi connectivity index (χ1) is 12.3. The summed E-state index contributed by atoms with van der Waals surface area (Å²) in [6, 6.07) is 12.2. The summed E-state index contributed by atoms with van der Waals surface area (Å²) in [6.45, 7) is 1.55. The fourth-order valence-electron chi connectivity index (χ4n) is 3.55. The van der Waals surface area contributed by atoms with Crippen molar-refractivity contribution in [3.63, 3.8) is 0 Å². The number of hydrogen-bond acceptors (Lipinski definition) is 4. The van der Waals surface area contributed by atoms with E-state index in [-0.39, 0.29) is 5.91 Å². The normalized spacial score (nSPS) is 17.6. The van der Waals surface area contributed by atoms with Crippen LogP contribution in [0.4, 0.5) is 0 Å². The van der Waals surface area contributed by atoms with Gasteiger partial charge in [-0.25, -0.2) is 9.97 Å². The summed E-state index contributed by atoms with van der Waals surface area (Å²) in [5.41, 5.74) is 2.32. The average molecular weight is 332 g/mol. The predicted molar refractivity (Wildman–Crippen MR) is 96.1 cm³/mol. The summed E-state index contributed by atoms with van der Waals surface area (Å²) in [6.07, 6.45) is 8.20. The molecule has 5 nitrogen and oxygen atoms in total. The van der Waals surface area contributed by atoms with Crippen molar-refractivity contribution in [2.24, 2.45) is 5.92 Å². The SMILES string of the molecule is O=C(c1ncccn1)N1CCCC(Cc2ccc3ncccc3c2)C1. The van der Waals surface area contributed by atoms with Crippen molar-refractivity contribution < 1.29 is 4.79 Å². The zero-order valence-corrected chi connectivity index (χ0v) is 14.0. The summed E-state index contributed by atoms with van der Waals surface area (Å²) in [4.78, 5) is 27.0. The second-order valence-electron chi connectivity index (χ2n) is 6.57. The molecule has 3 heterocycles. The Morgan fingerprint density at radius 2 is 1.92 bits per heavy atom. The molecule has 1 fully saturated rings. The Bertz CT molecular complexity index is 881. The fraction of sp³-hybridized carbons (Fsp3) is 0.300.